The normalized spacial score (nSPS) is 11.6. The van der Waals surface area contributed by atoms with Gasteiger partial charge in [0.2, 0.25) is 0 Å². The lowest BCUT2D eigenvalue weighted by Gasteiger charge is -2.30. The summed E-state index contributed by atoms with van der Waals surface area (Å²) < 4.78 is 5.69. The smallest absolute Gasteiger partial charge is 0.138 e. The molecule has 0 saturated carbocycles. The van der Waals surface area contributed by atoms with Crippen LogP contribution in [-0.4, -0.2) is 30.1 Å². The molecule has 2 nitrogen and oxygen atoms in total. The van der Waals surface area contributed by atoms with E-state index >= 15 is 0 Å². The van der Waals surface area contributed by atoms with Crippen LogP contribution in [0.4, 0.5) is 0 Å². The maximum Gasteiger partial charge on any atom is 0.138 e. The second-order valence-corrected chi connectivity index (χ2v) is 5.69. The van der Waals surface area contributed by atoms with E-state index in [2.05, 4.69) is 32.6 Å². The Balaban J connectivity index is 2.50. The molecule has 0 saturated heterocycles. The molecule has 1 rings (SSSR count). The average Bonchev–Trinajstić information content (AvgIpc) is 2.25. The van der Waals surface area contributed by atoms with E-state index in [1.54, 1.807) is 18.2 Å². The van der Waals surface area contributed by atoms with E-state index < -0.39 is 0 Å². The van der Waals surface area contributed by atoms with Crippen molar-refractivity contribution in [2.24, 2.45) is 0 Å². The Morgan fingerprint density at radius 2 is 1.72 bits per heavy atom. The monoisotopic (exact) mass is 289 g/mol. The maximum atomic E-state index is 6.05. The van der Waals surface area contributed by atoms with Gasteiger partial charge in [0.1, 0.15) is 12.4 Å². The molecule has 1 aromatic carbocycles. The lowest BCUT2D eigenvalue weighted by atomic mass is 10.2. The molecule has 0 unspecified atom stereocenters. The van der Waals surface area contributed by atoms with E-state index in [0.717, 1.165) is 6.54 Å². The molecule has 0 heterocycles. The lowest BCUT2D eigenvalue weighted by Crippen LogP contribution is -2.39. The summed E-state index contributed by atoms with van der Waals surface area (Å²) >= 11 is 11.9. The van der Waals surface area contributed by atoms with E-state index in [0.29, 0.717) is 34.5 Å². The van der Waals surface area contributed by atoms with Crippen LogP contribution >= 0.6 is 23.2 Å². The van der Waals surface area contributed by atoms with Gasteiger partial charge in [0.25, 0.3) is 0 Å². The number of halogens is 2. The third-order valence-corrected chi connectivity index (χ3v) is 3.36. The van der Waals surface area contributed by atoms with Crippen molar-refractivity contribution in [3.8, 4) is 5.75 Å². The molecular formula is C14H21Cl2NO. The topological polar surface area (TPSA) is 12.5 Å². The van der Waals surface area contributed by atoms with Crippen LogP contribution in [0.25, 0.3) is 0 Å². The predicted octanol–water partition coefficient (Wildman–Crippen LogP) is 4.49. The molecule has 0 aliphatic carbocycles. The predicted molar refractivity (Wildman–Crippen MR) is 78.9 cm³/mol. The molecule has 0 radical (unpaired) electrons. The van der Waals surface area contributed by atoms with E-state index in [1.807, 2.05) is 0 Å². The summed E-state index contributed by atoms with van der Waals surface area (Å²) in [7, 11) is 0. The number of nitrogens with zero attached hydrogens (tertiary/aromatic N) is 1. The molecule has 0 amide bonds. The fourth-order valence-electron chi connectivity index (χ4n) is 1.97. The number of rotatable bonds is 6. The van der Waals surface area contributed by atoms with Gasteiger partial charge in [0.15, 0.2) is 0 Å². The molecule has 102 valence electrons. The van der Waals surface area contributed by atoms with Gasteiger partial charge in [-0.2, -0.15) is 0 Å². The molecule has 0 bridgehead atoms. The molecule has 1 aromatic rings. The zero-order valence-corrected chi connectivity index (χ0v) is 12.9. The van der Waals surface area contributed by atoms with E-state index in [4.69, 9.17) is 27.9 Å². The first-order valence-corrected chi connectivity index (χ1v) is 7.01. The van der Waals surface area contributed by atoms with Gasteiger partial charge >= 0.3 is 0 Å². The van der Waals surface area contributed by atoms with Gasteiger partial charge in [-0.25, -0.2) is 0 Å². The van der Waals surface area contributed by atoms with Crippen LogP contribution in [0.5, 0.6) is 5.75 Å². The van der Waals surface area contributed by atoms with Crippen molar-refractivity contribution in [1.29, 1.82) is 0 Å². The largest absolute Gasteiger partial charge is 0.491 e. The van der Waals surface area contributed by atoms with Crippen molar-refractivity contribution in [2.75, 3.05) is 13.2 Å². The number of hydrogen-bond donors (Lipinski definition) is 0. The molecule has 0 N–H and O–H groups in total. The van der Waals surface area contributed by atoms with Crippen molar-refractivity contribution in [3.05, 3.63) is 28.2 Å². The SMILES string of the molecule is CC(C)N(CCOc1ccc(Cl)cc1Cl)C(C)C. The number of ether oxygens (including phenoxy) is 1. The Morgan fingerprint density at radius 3 is 2.22 bits per heavy atom. The minimum absolute atomic E-state index is 0.509. The van der Waals surface area contributed by atoms with Gasteiger partial charge in [0.05, 0.1) is 5.02 Å². The molecular weight excluding hydrogens is 269 g/mol. The quantitative estimate of drug-likeness (QED) is 0.765. The molecule has 18 heavy (non-hydrogen) atoms. The zero-order valence-electron chi connectivity index (χ0n) is 11.4. The highest BCUT2D eigenvalue weighted by molar-refractivity contribution is 6.35. The van der Waals surface area contributed by atoms with E-state index in [1.165, 1.54) is 0 Å². The molecule has 0 spiro atoms. The summed E-state index contributed by atoms with van der Waals surface area (Å²) in [4.78, 5) is 2.38. The van der Waals surface area contributed by atoms with Crippen LogP contribution < -0.4 is 4.74 Å². The molecule has 4 heteroatoms. The number of benzene rings is 1. The van der Waals surface area contributed by atoms with Gasteiger partial charge in [-0.05, 0) is 45.9 Å². The molecule has 0 aliphatic rings. The van der Waals surface area contributed by atoms with Gasteiger partial charge in [-0.15, -0.1) is 0 Å². The summed E-state index contributed by atoms with van der Waals surface area (Å²) in [5.41, 5.74) is 0. The first-order valence-electron chi connectivity index (χ1n) is 6.25. The van der Waals surface area contributed by atoms with Crippen LogP contribution in [-0.2, 0) is 0 Å². The minimum Gasteiger partial charge on any atom is -0.491 e. The summed E-state index contributed by atoms with van der Waals surface area (Å²) in [6.45, 7) is 10.3. The third-order valence-electron chi connectivity index (χ3n) is 2.83. The average molecular weight is 290 g/mol. The Hall–Kier alpha value is -0.440. The van der Waals surface area contributed by atoms with Crippen molar-refractivity contribution in [3.63, 3.8) is 0 Å². The Kier molecular flexibility index (Phi) is 6.27. The van der Waals surface area contributed by atoms with Gasteiger partial charge in [-0.1, -0.05) is 23.2 Å². The van der Waals surface area contributed by atoms with E-state index in [9.17, 15) is 0 Å². The molecule has 0 atom stereocenters. The van der Waals surface area contributed by atoms with Crippen molar-refractivity contribution >= 4 is 23.2 Å². The Bertz CT molecular complexity index is 372. The standard InChI is InChI=1S/C14H21Cl2NO/c1-10(2)17(11(3)4)7-8-18-14-6-5-12(15)9-13(14)16/h5-6,9-11H,7-8H2,1-4H3. The second kappa shape index (κ2) is 7.22. The molecule has 0 fully saturated rings. The second-order valence-electron chi connectivity index (χ2n) is 4.85. The van der Waals surface area contributed by atoms with Crippen LogP contribution in [0, 0.1) is 0 Å². The summed E-state index contributed by atoms with van der Waals surface area (Å²) in [6.07, 6.45) is 0. The fraction of sp³-hybridized carbons (Fsp3) is 0.571. The molecule has 0 aliphatic heterocycles. The highest BCUT2D eigenvalue weighted by atomic mass is 35.5. The van der Waals surface area contributed by atoms with Gasteiger partial charge in [-0.3, -0.25) is 4.90 Å². The first kappa shape index (κ1) is 15.6. The summed E-state index contributed by atoms with van der Waals surface area (Å²) in [6, 6.07) is 6.30. The van der Waals surface area contributed by atoms with E-state index in [-0.39, 0.29) is 0 Å². The van der Waals surface area contributed by atoms with Crippen LogP contribution in [0.2, 0.25) is 10.0 Å². The zero-order chi connectivity index (χ0) is 13.7. The lowest BCUT2D eigenvalue weighted by molar-refractivity contribution is 0.142. The first-order chi connectivity index (χ1) is 8.41. The number of hydrogen-bond acceptors (Lipinski definition) is 2. The summed E-state index contributed by atoms with van der Waals surface area (Å²) in [5.74, 6) is 0.688. The highest BCUT2D eigenvalue weighted by Gasteiger charge is 2.13. The fourth-order valence-corrected chi connectivity index (χ4v) is 2.43. The van der Waals surface area contributed by atoms with Gasteiger partial charge < -0.3 is 4.74 Å². The summed E-state index contributed by atoms with van der Waals surface area (Å²) in [5, 5.41) is 1.18. The van der Waals surface area contributed by atoms with Crippen molar-refractivity contribution < 1.29 is 4.74 Å². The van der Waals surface area contributed by atoms with Crippen molar-refractivity contribution in [1.82, 2.24) is 4.90 Å². The molecule has 0 aromatic heterocycles. The Morgan fingerprint density at radius 1 is 1.11 bits per heavy atom. The van der Waals surface area contributed by atoms with Gasteiger partial charge in [0, 0.05) is 23.7 Å². The van der Waals surface area contributed by atoms with Crippen LogP contribution in [0.3, 0.4) is 0 Å². The minimum atomic E-state index is 0.509. The Labute approximate surface area is 120 Å². The third kappa shape index (κ3) is 4.68. The van der Waals surface area contributed by atoms with Crippen molar-refractivity contribution in [2.45, 2.75) is 39.8 Å². The van der Waals surface area contributed by atoms with Crippen LogP contribution in [0.1, 0.15) is 27.7 Å². The van der Waals surface area contributed by atoms with Crippen LogP contribution in [0.15, 0.2) is 18.2 Å². The maximum absolute atomic E-state index is 6.05. The highest BCUT2D eigenvalue weighted by Crippen LogP contribution is 2.27.